The fourth-order valence-corrected chi connectivity index (χ4v) is 2.66. The van der Waals surface area contributed by atoms with Gasteiger partial charge in [0.05, 0.1) is 12.2 Å². The molecule has 0 saturated heterocycles. The number of rotatable bonds is 4. The van der Waals surface area contributed by atoms with E-state index in [0.29, 0.717) is 12.1 Å². The van der Waals surface area contributed by atoms with Gasteiger partial charge in [-0.3, -0.25) is 9.78 Å². The molecule has 0 saturated carbocycles. The fourth-order valence-electron chi connectivity index (χ4n) is 1.89. The van der Waals surface area contributed by atoms with Crippen LogP contribution in [0.2, 0.25) is 0 Å². The van der Waals surface area contributed by atoms with Gasteiger partial charge in [0, 0.05) is 19.8 Å². The van der Waals surface area contributed by atoms with Crippen LogP contribution in [-0.4, -0.2) is 29.4 Å². The number of anilines is 2. The van der Waals surface area contributed by atoms with E-state index >= 15 is 0 Å². The molecule has 0 aliphatic heterocycles. The minimum Gasteiger partial charge on any atom is -0.382 e. The first-order valence-electron chi connectivity index (χ1n) is 6.13. The Labute approximate surface area is 121 Å². The molecule has 0 unspecified atom stereocenters. The van der Waals surface area contributed by atoms with Gasteiger partial charge in [0.2, 0.25) is 0 Å². The molecule has 0 aliphatic rings. The Morgan fingerprint density at radius 1 is 1.50 bits per heavy atom. The van der Waals surface area contributed by atoms with Crippen LogP contribution in [0.5, 0.6) is 0 Å². The van der Waals surface area contributed by atoms with E-state index in [1.165, 1.54) is 11.5 Å². The second-order valence-corrected chi connectivity index (χ2v) is 5.21. The first kappa shape index (κ1) is 14.3. The fraction of sp³-hybridized carbons (Fsp3) is 0.308. The van der Waals surface area contributed by atoms with E-state index in [1.54, 1.807) is 7.05 Å². The van der Waals surface area contributed by atoms with Gasteiger partial charge in [0.25, 0.3) is 5.91 Å². The summed E-state index contributed by atoms with van der Waals surface area (Å²) in [5.74, 6) is 0.0312. The highest BCUT2D eigenvalue weighted by atomic mass is 32.1. The van der Waals surface area contributed by atoms with Crippen molar-refractivity contribution in [2.24, 2.45) is 0 Å². The van der Waals surface area contributed by atoms with Crippen LogP contribution in [0.1, 0.15) is 21.7 Å². The number of nitrogen functional groups attached to an aromatic ring is 1. The molecule has 2 rings (SSSR count). The average molecular weight is 291 g/mol. The van der Waals surface area contributed by atoms with E-state index in [2.05, 4.69) is 14.7 Å². The van der Waals surface area contributed by atoms with Gasteiger partial charge in [0.1, 0.15) is 10.6 Å². The van der Waals surface area contributed by atoms with Crippen LogP contribution in [0.3, 0.4) is 0 Å². The number of carbonyl (C=O) groups is 1. The van der Waals surface area contributed by atoms with Gasteiger partial charge in [-0.2, -0.15) is 4.37 Å². The van der Waals surface area contributed by atoms with Crippen molar-refractivity contribution in [3.63, 3.8) is 0 Å². The van der Waals surface area contributed by atoms with Crippen LogP contribution in [0.4, 0.5) is 10.8 Å². The van der Waals surface area contributed by atoms with E-state index in [-0.39, 0.29) is 11.7 Å². The van der Waals surface area contributed by atoms with Gasteiger partial charge in [-0.15, -0.1) is 0 Å². The Morgan fingerprint density at radius 2 is 2.25 bits per heavy atom. The van der Waals surface area contributed by atoms with E-state index in [4.69, 9.17) is 5.73 Å². The summed E-state index contributed by atoms with van der Waals surface area (Å²) in [5, 5.41) is 3.32. The lowest BCUT2D eigenvalue weighted by Crippen LogP contribution is -2.23. The third-order valence-electron chi connectivity index (χ3n) is 2.85. The van der Waals surface area contributed by atoms with E-state index in [9.17, 15) is 4.79 Å². The molecule has 2 aromatic rings. The molecule has 20 heavy (non-hydrogen) atoms. The lowest BCUT2D eigenvalue weighted by atomic mass is 10.2. The third-order valence-corrected chi connectivity index (χ3v) is 3.82. The second kappa shape index (κ2) is 5.87. The third kappa shape index (κ3) is 2.88. The smallest absolute Gasteiger partial charge is 0.257 e. The Hall–Kier alpha value is -2.15. The van der Waals surface area contributed by atoms with Crippen LogP contribution < -0.4 is 16.0 Å². The van der Waals surface area contributed by atoms with Crippen molar-refractivity contribution in [1.29, 1.82) is 0 Å². The highest BCUT2D eigenvalue weighted by Crippen LogP contribution is 2.30. The highest BCUT2D eigenvalue weighted by molar-refractivity contribution is 7.11. The summed E-state index contributed by atoms with van der Waals surface area (Å²) in [4.78, 5) is 18.2. The number of nitrogens with zero attached hydrogens (tertiary/aromatic N) is 3. The molecule has 0 bridgehead atoms. The van der Waals surface area contributed by atoms with Crippen LogP contribution in [0, 0.1) is 6.92 Å². The number of nitrogens with two attached hydrogens (primary N) is 1. The first-order valence-corrected chi connectivity index (χ1v) is 6.91. The molecule has 1 amide bonds. The van der Waals surface area contributed by atoms with Gasteiger partial charge >= 0.3 is 0 Å². The zero-order valence-electron chi connectivity index (χ0n) is 11.7. The van der Waals surface area contributed by atoms with Crippen LogP contribution in [-0.2, 0) is 6.54 Å². The molecule has 2 aromatic heterocycles. The van der Waals surface area contributed by atoms with Crippen molar-refractivity contribution in [1.82, 2.24) is 14.7 Å². The Bertz CT molecular complexity index is 625. The summed E-state index contributed by atoms with van der Waals surface area (Å²) in [7, 11) is 3.47. The molecule has 7 heteroatoms. The van der Waals surface area contributed by atoms with Crippen molar-refractivity contribution in [2.75, 3.05) is 24.7 Å². The van der Waals surface area contributed by atoms with Crippen molar-refractivity contribution in [3.05, 3.63) is 35.2 Å². The molecule has 0 fully saturated rings. The molecule has 106 valence electrons. The zero-order valence-corrected chi connectivity index (χ0v) is 12.5. The van der Waals surface area contributed by atoms with Crippen molar-refractivity contribution in [3.8, 4) is 0 Å². The quantitative estimate of drug-likeness (QED) is 0.890. The molecule has 2 heterocycles. The molecular weight excluding hydrogens is 274 g/mol. The largest absolute Gasteiger partial charge is 0.382 e. The maximum atomic E-state index is 11.9. The highest BCUT2D eigenvalue weighted by Gasteiger charge is 2.21. The number of carbonyl (C=O) groups excluding carboxylic acids is 1. The van der Waals surface area contributed by atoms with Gasteiger partial charge in [-0.1, -0.05) is 6.07 Å². The standard InChI is InChI=1S/C13H17N5OS/c1-8-5-4-6-9(16-8)7-18(3)13-10(12(19)15-2)11(14)17-20-13/h4-6H,7H2,1-3H3,(H2,14,17)(H,15,19). The minimum atomic E-state index is -0.227. The minimum absolute atomic E-state index is 0.227. The van der Waals surface area contributed by atoms with Gasteiger partial charge in [-0.05, 0) is 30.6 Å². The molecule has 0 spiro atoms. The van der Waals surface area contributed by atoms with Crippen molar-refractivity contribution in [2.45, 2.75) is 13.5 Å². The number of nitrogens with one attached hydrogen (secondary N) is 1. The molecule has 6 nitrogen and oxygen atoms in total. The maximum absolute atomic E-state index is 11.9. The summed E-state index contributed by atoms with van der Waals surface area (Å²) in [6, 6.07) is 5.86. The molecule has 0 aliphatic carbocycles. The van der Waals surface area contributed by atoms with Crippen LogP contribution in [0.25, 0.3) is 0 Å². The summed E-state index contributed by atoms with van der Waals surface area (Å²) < 4.78 is 4.06. The van der Waals surface area contributed by atoms with Gasteiger partial charge in [0.15, 0.2) is 5.82 Å². The topological polar surface area (TPSA) is 84.1 Å². The number of aryl methyl sites for hydroxylation is 1. The summed E-state index contributed by atoms with van der Waals surface area (Å²) in [6.45, 7) is 2.54. The van der Waals surface area contributed by atoms with Gasteiger partial charge in [-0.25, -0.2) is 0 Å². The second-order valence-electron chi connectivity index (χ2n) is 4.45. The van der Waals surface area contributed by atoms with Crippen LogP contribution in [0.15, 0.2) is 18.2 Å². The number of amides is 1. The number of pyridine rings is 1. The Balaban J connectivity index is 2.26. The lowest BCUT2D eigenvalue weighted by Gasteiger charge is -2.18. The molecule has 0 atom stereocenters. The Kier molecular flexibility index (Phi) is 4.19. The van der Waals surface area contributed by atoms with Gasteiger partial charge < -0.3 is 16.0 Å². The normalized spacial score (nSPS) is 10.3. The van der Waals surface area contributed by atoms with Crippen molar-refractivity contribution >= 4 is 28.3 Å². The first-order chi connectivity index (χ1) is 9.52. The number of hydrogen-bond acceptors (Lipinski definition) is 6. The molecule has 0 aromatic carbocycles. The Morgan fingerprint density at radius 3 is 2.90 bits per heavy atom. The molecule has 3 N–H and O–H groups in total. The predicted octanol–water partition coefficient (Wildman–Crippen LogP) is 1.42. The van der Waals surface area contributed by atoms with Crippen LogP contribution >= 0.6 is 11.5 Å². The van der Waals surface area contributed by atoms with E-state index < -0.39 is 0 Å². The summed E-state index contributed by atoms with van der Waals surface area (Å²) >= 11 is 1.21. The summed E-state index contributed by atoms with van der Waals surface area (Å²) in [6.07, 6.45) is 0. The maximum Gasteiger partial charge on any atom is 0.257 e. The zero-order chi connectivity index (χ0) is 14.7. The molecule has 0 radical (unpaired) electrons. The van der Waals surface area contributed by atoms with E-state index in [1.807, 2.05) is 37.1 Å². The lowest BCUT2D eigenvalue weighted by molar-refractivity contribution is 0.0964. The number of aromatic nitrogens is 2. The predicted molar refractivity (Wildman–Crippen MR) is 81.0 cm³/mol. The van der Waals surface area contributed by atoms with E-state index in [0.717, 1.165) is 16.4 Å². The summed E-state index contributed by atoms with van der Waals surface area (Å²) in [5.41, 5.74) is 8.09. The average Bonchev–Trinajstić information content (AvgIpc) is 2.80. The monoisotopic (exact) mass is 291 g/mol. The number of hydrogen-bond donors (Lipinski definition) is 2. The SMILES string of the molecule is CNC(=O)c1c(N)nsc1N(C)Cc1cccc(C)n1. The molecular formula is C13H17N5OS. The van der Waals surface area contributed by atoms with Crippen molar-refractivity contribution < 1.29 is 4.79 Å².